The first kappa shape index (κ1) is 16.9. The van der Waals surface area contributed by atoms with Gasteiger partial charge in [-0.25, -0.2) is 0 Å². The Bertz CT molecular complexity index is 598. The highest BCUT2D eigenvalue weighted by atomic mass is 16.5. The largest absolute Gasteiger partial charge is 0.497 e. The van der Waals surface area contributed by atoms with Crippen LogP contribution < -0.4 is 15.0 Å². The molecule has 2 saturated heterocycles. The van der Waals surface area contributed by atoms with E-state index in [9.17, 15) is 4.79 Å². The van der Waals surface area contributed by atoms with E-state index < -0.39 is 0 Å². The van der Waals surface area contributed by atoms with Gasteiger partial charge in [0.25, 0.3) is 5.91 Å². The zero-order chi connectivity index (χ0) is 17.2. The second-order valence-electron chi connectivity index (χ2n) is 8.18. The van der Waals surface area contributed by atoms with Crippen LogP contribution in [0.3, 0.4) is 0 Å². The number of rotatable bonds is 4. The minimum atomic E-state index is 0.0475. The van der Waals surface area contributed by atoms with Gasteiger partial charge in [-0.1, -0.05) is 6.07 Å². The summed E-state index contributed by atoms with van der Waals surface area (Å²) >= 11 is 0. The fourth-order valence-electron chi connectivity index (χ4n) is 5.64. The number of fused-ring (bicyclic) bond motifs is 2. The lowest BCUT2D eigenvalue weighted by Gasteiger charge is -2.48. The molecule has 2 aliphatic heterocycles. The van der Waals surface area contributed by atoms with Crippen molar-refractivity contribution in [3.8, 4) is 5.75 Å². The Kier molecular flexibility index (Phi) is 4.98. The standard InChI is InChI=1S/C21H30N2O2/c1-25-20-11-4-6-15(12-20)21(24)22-16-13-18-9-5-10-19(14-16)23(18)17-7-2-3-8-17/h4,6,11-12,16-19H,2-3,5,7-10,13-14H2,1H3,(H,22,24)/p+1/t16?,18-,19+. The van der Waals surface area contributed by atoms with Crippen molar-refractivity contribution < 1.29 is 14.4 Å². The molecule has 1 amide bonds. The van der Waals surface area contributed by atoms with Gasteiger partial charge in [-0.15, -0.1) is 0 Å². The molecule has 4 heteroatoms. The van der Waals surface area contributed by atoms with Crippen LogP contribution in [0.4, 0.5) is 0 Å². The van der Waals surface area contributed by atoms with E-state index in [1.54, 1.807) is 7.11 Å². The SMILES string of the molecule is COc1cccc(C(=O)NC2C[C@H]3CCC[C@@H](C2)[NH+]3C2CCCC2)c1. The molecule has 1 saturated carbocycles. The van der Waals surface area contributed by atoms with E-state index in [2.05, 4.69) is 5.32 Å². The first-order valence-electron chi connectivity index (χ1n) is 10.1. The third-order valence-corrected chi connectivity index (χ3v) is 6.68. The van der Waals surface area contributed by atoms with Crippen LogP contribution >= 0.6 is 0 Å². The number of nitrogens with one attached hydrogen (secondary N) is 2. The molecule has 1 aromatic carbocycles. The van der Waals surface area contributed by atoms with Gasteiger partial charge in [0.2, 0.25) is 0 Å². The minimum Gasteiger partial charge on any atom is -0.497 e. The molecule has 4 atom stereocenters. The Hall–Kier alpha value is -1.55. The van der Waals surface area contributed by atoms with Crippen molar-refractivity contribution in [3.63, 3.8) is 0 Å². The molecule has 4 rings (SSSR count). The summed E-state index contributed by atoms with van der Waals surface area (Å²) in [5.74, 6) is 0.788. The Labute approximate surface area is 150 Å². The zero-order valence-electron chi connectivity index (χ0n) is 15.3. The summed E-state index contributed by atoms with van der Waals surface area (Å²) in [4.78, 5) is 14.6. The predicted octanol–water partition coefficient (Wildman–Crippen LogP) is 2.34. The number of methoxy groups -OCH3 is 1. The number of amides is 1. The average Bonchev–Trinajstić information content (AvgIpc) is 3.15. The third-order valence-electron chi connectivity index (χ3n) is 6.68. The average molecular weight is 343 g/mol. The van der Waals surface area contributed by atoms with Crippen LogP contribution in [0, 0.1) is 0 Å². The van der Waals surface area contributed by atoms with Gasteiger partial charge in [-0.2, -0.15) is 0 Å². The lowest BCUT2D eigenvalue weighted by Crippen LogP contribution is -3.24. The number of piperidine rings is 2. The van der Waals surface area contributed by atoms with E-state index in [4.69, 9.17) is 4.74 Å². The van der Waals surface area contributed by atoms with E-state index in [0.29, 0.717) is 11.6 Å². The van der Waals surface area contributed by atoms with Gasteiger partial charge in [0.1, 0.15) is 5.75 Å². The highest BCUT2D eigenvalue weighted by Crippen LogP contribution is 2.26. The lowest BCUT2D eigenvalue weighted by atomic mass is 9.80. The molecule has 2 heterocycles. The first-order valence-corrected chi connectivity index (χ1v) is 10.1. The number of carbonyl (C=O) groups is 1. The molecule has 0 spiro atoms. The number of hydrogen-bond acceptors (Lipinski definition) is 2. The number of quaternary nitrogens is 1. The molecule has 136 valence electrons. The monoisotopic (exact) mass is 343 g/mol. The Morgan fingerprint density at radius 2 is 1.72 bits per heavy atom. The van der Waals surface area contributed by atoms with E-state index in [1.165, 1.54) is 44.9 Å². The second-order valence-corrected chi connectivity index (χ2v) is 8.18. The van der Waals surface area contributed by atoms with E-state index in [0.717, 1.165) is 36.7 Å². The predicted molar refractivity (Wildman–Crippen MR) is 98.1 cm³/mol. The molecule has 25 heavy (non-hydrogen) atoms. The van der Waals surface area contributed by atoms with Crippen molar-refractivity contribution in [2.45, 2.75) is 82.0 Å². The van der Waals surface area contributed by atoms with E-state index in [1.807, 2.05) is 29.2 Å². The molecule has 2 bridgehead atoms. The number of benzene rings is 1. The van der Waals surface area contributed by atoms with Crippen molar-refractivity contribution in [2.24, 2.45) is 0 Å². The summed E-state index contributed by atoms with van der Waals surface area (Å²) in [6.07, 6.45) is 12.0. The summed E-state index contributed by atoms with van der Waals surface area (Å²) < 4.78 is 5.24. The van der Waals surface area contributed by atoms with Crippen LogP contribution in [-0.2, 0) is 0 Å². The summed E-state index contributed by atoms with van der Waals surface area (Å²) in [6, 6.07) is 10.2. The topological polar surface area (TPSA) is 42.8 Å². The summed E-state index contributed by atoms with van der Waals surface area (Å²) in [7, 11) is 1.64. The molecule has 0 radical (unpaired) electrons. The molecule has 1 aromatic rings. The van der Waals surface area contributed by atoms with Crippen molar-refractivity contribution in [1.29, 1.82) is 0 Å². The highest BCUT2D eigenvalue weighted by Gasteiger charge is 2.46. The fourth-order valence-corrected chi connectivity index (χ4v) is 5.64. The lowest BCUT2D eigenvalue weighted by molar-refractivity contribution is -0.982. The van der Waals surface area contributed by atoms with Crippen LogP contribution in [0.5, 0.6) is 5.75 Å². The number of ether oxygens (including phenoxy) is 1. The van der Waals surface area contributed by atoms with Crippen LogP contribution in [0.25, 0.3) is 0 Å². The van der Waals surface area contributed by atoms with Crippen LogP contribution in [0.2, 0.25) is 0 Å². The van der Waals surface area contributed by atoms with Crippen molar-refractivity contribution in [1.82, 2.24) is 5.32 Å². The van der Waals surface area contributed by atoms with Crippen LogP contribution in [-0.4, -0.2) is 37.2 Å². The maximum Gasteiger partial charge on any atom is 0.251 e. The van der Waals surface area contributed by atoms with Crippen molar-refractivity contribution in [3.05, 3.63) is 29.8 Å². The summed E-state index contributed by atoms with van der Waals surface area (Å²) in [6.45, 7) is 0. The van der Waals surface area contributed by atoms with Gasteiger partial charge in [0, 0.05) is 24.4 Å². The van der Waals surface area contributed by atoms with E-state index in [-0.39, 0.29) is 5.91 Å². The maximum atomic E-state index is 12.7. The van der Waals surface area contributed by atoms with Crippen molar-refractivity contribution >= 4 is 5.91 Å². The van der Waals surface area contributed by atoms with Crippen LogP contribution in [0.1, 0.15) is 68.1 Å². The molecule has 4 nitrogen and oxygen atoms in total. The second kappa shape index (κ2) is 7.36. The molecule has 2 N–H and O–H groups in total. The minimum absolute atomic E-state index is 0.0475. The van der Waals surface area contributed by atoms with Crippen molar-refractivity contribution in [2.75, 3.05) is 7.11 Å². The van der Waals surface area contributed by atoms with Crippen LogP contribution in [0.15, 0.2) is 24.3 Å². The molecular formula is C21H31N2O2+. The van der Waals surface area contributed by atoms with Gasteiger partial charge in [0.05, 0.1) is 25.2 Å². The summed E-state index contributed by atoms with van der Waals surface area (Å²) in [5.41, 5.74) is 0.704. The van der Waals surface area contributed by atoms with Gasteiger partial charge < -0.3 is 15.0 Å². The van der Waals surface area contributed by atoms with Gasteiger partial charge >= 0.3 is 0 Å². The Morgan fingerprint density at radius 3 is 2.40 bits per heavy atom. The first-order chi connectivity index (χ1) is 12.2. The van der Waals surface area contributed by atoms with Gasteiger partial charge in [0.15, 0.2) is 0 Å². The smallest absolute Gasteiger partial charge is 0.251 e. The maximum absolute atomic E-state index is 12.7. The van der Waals surface area contributed by atoms with Gasteiger partial charge in [-0.05, 0) is 63.1 Å². The molecule has 2 unspecified atom stereocenters. The Morgan fingerprint density at radius 1 is 1.04 bits per heavy atom. The summed E-state index contributed by atoms with van der Waals surface area (Å²) in [5, 5.41) is 3.32. The molecular weight excluding hydrogens is 312 g/mol. The zero-order valence-corrected chi connectivity index (χ0v) is 15.3. The molecule has 3 aliphatic rings. The molecule has 0 aromatic heterocycles. The number of carbonyl (C=O) groups excluding carboxylic acids is 1. The quantitative estimate of drug-likeness (QED) is 0.881. The fraction of sp³-hybridized carbons (Fsp3) is 0.667. The normalized spacial score (nSPS) is 32.4. The number of hydrogen-bond donors (Lipinski definition) is 2. The van der Waals surface area contributed by atoms with E-state index >= 15 is 0 Å². The molecule has 1 aliphatic carbocycles. The Balaban J connectivity index is 1.42. The molecule has 3 fully saturated rings. The van der Waals surface area contributed by atoms with Gasteiger partial charge in [-0.3, -0.25) is 4.79 Å². The highest BCUT2D eigenvalue weighted by molar-refractivity contribution is 5.94. The third kappa shape index (κ3) is 3.55.